The second-order valence-corrected chi connectivity index (χ2v) is 9.40. The number of aromatic nitrogens is 2. The Labute approximate surface area is 168 Å². The normalized spacial score (nSPS) is 18.7. The summed E-state index contributed by atoms with van der Waals surface area (Å²) in [6.45, 7) is 1.00. The highest BCUT2D eigenvalue weighted by Gasteiger charge is 2.32. The van der Waals surface area contributed by atoms with Crippen molar-refractivity contribution < 1.29 is 22.7 Å². The van der Waals surface area contributed by atoms with Crippen molar-refractivity contribution in [3.8, 4) is 5.88 Å². The Hall–Kier alpha value is -2.17. The lowest BCUT2D eigenvalue weighted by molar-refractivity contribution is 0.191. The summed E-state index contributed by atoms with van der Waals surface area (Å²) in [5.74, 6) is 0.0637. The molecule has 2 aliphatic carbocycles. The molecule has 0 saturated carbocycles. The van der Waals surface area contributed by atoms with Crippen molar-refractivity contribution in [3.63, 3.8) is 0 Å². The van der Waals surface area contributed by atoms with Crippen LogP contribution in [0.25, 0.3) is 0 Å². The summed E-state index contributed by atoms with van der Waals surface area (Å²) in [5, 5.41) is 17.5. The Bertz CT molecular complexity index is 1050. The van der Waals surface area contributed by atoms with Crippen molar-refractivity contribution in [1.82, 2.24) is 14.5 Å². The van der Waals surface area contributed by atoms with Gasteiger partial charge in [0.2, 0.25) is 5.88 Å². The van der Waals surface area contributed by atoms with Crippen LogP contribution in [-0.4, -0.2) is 36.3 Å². The second-order valence-electron chi connectivity index (χ2n) is 7.72. The molecule has 0 fully saturated rings. The highest BCUT2D eigenvalue weighted by Crippen LogP contribution is 2.41. The van der Waals surface area contributed by atoms with Crippen LogP contribution in [0.5, 0.6) is 5.88 Å². The van der Waals surface area contributed by atoms with E-state index in [0.29, 0.717) is 55.6 Å². The largest absolute Gasteiger partial charge is 0.477 e. The third-order valence-corrected chi connectivity index (χ3v) is 7.31. The molecule has 8 nitrogen and oxygen atoms in total. The van der Waals surface area contributed by atoms with Crippen LogP contribution in [0.2, 0.25) is 0 Å². The van der Waals surface area contributed by atoms with Gasteiger partial charge in [0.25, 0.3) is 10.0 Å². The van der Waals surface area contributed by atoms with Crippen molar-refractivity contribution in [2.24, 2.45) is 0 Å². The van der Waals surface area contributed by atoms with E-state index < -0.39 is 16.4 Å². The van der Waals surface area contributed by atoms with Gasteiger partial charge in [-0.3, -0.25) is 0 Å². The van der Waals surface area contributed by atoms with E-state index >= 15 is 0 Å². The number of anilines is 1. The lowest BCUT2D eigenvalue weighted by Gasteiger charge is -2.22. The first-order chi connectivity index (χ1) is 14.0. The zero-order valence-electron chi connectivity index (χ0n) is 15.9. The van der Waals surface area contributed by atoms with Crippen LogP contribution in [0.15, 0.2) is 11.1 Å². The highest BCUT2D eigenvalue weighted by atomic mass is 32.2. The van der Waals surface area contributed by atoms with Crippen LogP contribution in [0.4, 0.5) is 10.1 Å². The van der Waals surface area contributed by atoms with Gasteiger partial charge in [-0.25, -0.2) is 17.5 Å². The summed E-state index contributed by atoms with van der Waals surface area (Å²) < 4.78 is 49.5. The van der Waals surface area contributed by atoms with Crippen molar-refractivity contribution in [3.05, 3.63) is 34.3 Å². The molecule has 1 aromatic heterocycles. The molecule has 3 N–H and O–H groups in total. The van der Waals surface area contributed by atoms with Gasteiger partial charge in [0.1, 0.15) is 5.82 Å². The van der Waals surface area contributed by atoms with E-state index in [4.69, 9.17) is 4.74 Å². The number of sulfonamides is 1. The molecule has 5 rings (SSSR count). The molecule has 0 bridgehead atoms. The number of aryl methyl sites for hydroxylation is 1. The first kappa shape index (κ1) is 18.8. The first-order valence-electron chi connectivity index (χ1n) is 9.96. The van der Waals surface area contributed by atoms with Crippen LogP contribution in [0.3, 0.4) is 0 Å². The molecule has 2 aromatic rings. The average Bonchev–Trinajstić information content (AvgIpc) is 3.43. The van der Waals surface area contributed by atoms with Gasteiger partial charge in [-0.2, -0.15) is 9.82 Å². The fourth-order valence-electron chi connectivity index (χ4n) is 4.67. The van der Waals surface area contributed by atoms with Crippen molar-refractivity contribution in [2.45, 2.75) is 62.7 Å². The average molecular weight is 422 g/mol. The monoisotopic (exact) mass is 422 g/mol. The second kappa shape index (κ2) is 6.96. The maximum Gasteiger partial charge on any atom is 0.251 e. The van der Waals surface area contributed by atoms with Crippen LogP contribution in [0.1, 0.15) is 41.5 Å². The third-order valence-electron chi connectivity index (χ3n) is 5.92. The van der Waals surface area contributed by atoms with Gasteiger partial charge in [0, 0.05) is 18.7 Å². The van der Waals surface area contributed by atoms with E-state index in [-0.39, 0.29) is 16.6 Å². The Morgan fingerprint density at radius 1 is 1.10 bits per heavy atom. The number of rotatable bonds is 5. The number of nitrogens with zero attached hydrogens (tertiary/aromatic N) is 2. The maximum absolute atomic E-state index is 14.8. The number of benzene rings is 1. The molecule has 1 aromatic carbocycles. The Kier molecular flexibility index (Phi) is 4.52. The lowest BCUT2D eigenvalue weighted by atomic mass is 9.98. The van der Waals surface area contributed by atoms with Gasteiger partial charge in [-0.05, 0) is 60.8 Å². The summed E-state index contributed by atoms with van der Waals surface area (Å²) in [7, 11) is -4.06. The molecule has 10 heteroatoms. The Morgan fingerprint density at radius 2 is 1.76 bits per heavy atom. The molecular weight excluding hydrogens is 399 g/mol. The molecule has 0 saturated heterocycles. The molecule has 156 valence electrons. The van der Waals surface area contributed by atoms with E-state index in [9.17, 15) is 17.9 Å². The molecule has 0 spiro atoms. The van der Waals surface area contributed by atoms with E-state index in [1.165, 1.54) is 10.9 Å². The number of aliphatic hydroxyl groups excluding tert-OH is 1. The summed E-state index contributed by atoms with van der Waals surface area (Å²) >= 11 is 0. The molecule has 3 aliphatic rings. The van der Waals surface area contributed by atoms with Gasteiger partial charge in [0.05, 0.1) is 12.8 Å². The van der Waals surface area contributed by atoms with Crippen LogP contribution < -0.4 is 14.8 Å². The molecule has 2 heterocycles. The molecule has 1 atom stereocenters. The Balaban J connectivity index is 1.42. The topological polar surface area (TPSA) is 105 Å². The van der Waals surface area contributed by atoms with Gasteiger partial charge in [-0.1, -0.05) is 0 Å². The number of nitrogens with one attached hydrogen (secondary N) is 2. The predicted molar refractivity (Wildman–Crippen MR) is 103 cm³/mol. The summed E-state index contributed by atoms with van der Waals surface area (Å²) in [4.78, 5) is -0.104. The third kappa shape index (κ3) is 3.10. The number of halogens is 1. The van der Waals surface area contributed by atoms with Gasteiger partial charge < -0.3 is 15.2 Å². The van der Waals surface area contributed by atoms with E-state index in [1.54, 1.807) is 0 Å². The molecular formula is C19H23FN4O4S. The van der Waals surface area contributed by atoms with Crippen LogP contribution in [0, 0.1) is 5.82 Å². The minimum Gasteiger partial charge on any atom is -0.477 e. The lowest BCUT2D eigenvalue weighted by Crippen LogP contribution is -2.40. The fourth-order valence-corrected chi connectivity index (χ4v) is 5.73. The quantitative estimate of drug-likeness (QED) is 0.630. The standard InChI is InChI=1S/C19H23FN4O4S/c20-16-11-4-1-6-13(11)17(14-7-2-5-12(14)16)22-19(25)23-29(26,27)15-10-21-24-8-3-9-28-18(15)24/h10,19,22-23,25H,1-9H2. The molecule has 0 amide bonds. The maximum atomic E-state index is 14.8. The first-order valence-corrected chi connectivity index (χ1v) is 11.4. The van der Waals surface area contributed by atoms with E-state index in [0.717, 1.165) is 30.4 Å². The van der Waals surface area contributed by atoms with Crippen molar-refractivity contribution in [2.75, 3.05) is 11.9 Å². The van der Waals surface area contributed by atoms with Gasteiger partial charge in [0.15, 0.2) is 11.2 Å². The van der Waals surface area contributed by atoms with Gasteiger partial charge in [-0.15, -0.1) is 0 Å². The molecule has 0 radical (unpaired) electrons. The number of ether oxygens (including phenoxy) is 1. The summed E-state index contributed by atoms with van der Waals surface area (Å²) in [6.07, 6.45) is 4.90. The minimum atomic E-state index is -4.06. The van der Waals surface area contributed by atoms with Crippen molar-refractivity contribution >= 4 is 15.7 Å². The van der Waals surface area contributed by atoms with Crippen LogP contribution in [-0.2, 0) is 42.3 Å². The summed E-state index contributed by atoms with van der Waals surface area (Å²) in [5.41, 5.74) is 3.78. The number of hydrogen-bond donors (Lipinski definition) is 3. The van der Waals surface area contributed by atoms with Crippen molar-refractivity contribution in [1.29, 1.82) is 0 Å². The fraction of sp³-hybridized carbons (Fsp3) is 0.526. The number of fused-ring (bicyclic) bond motifs is 3. The molecule has 1 unspecified atom stereocenters. The predicted octanol–water partition coefficient (Wildman–Crippen LogP) is 1.45. The smallest absolute Gasteiger partial charge is 0.251 e. The molecule has 1 aliphatic heterocycles. The van der Waals surface area contributed by atoms with Crippen LogP contribution >= 0.6 is 0 Å². The minimum absolute atomic E-state index is 0.104. The number of aliphatic hydroxyl groups is 1. The molecule has 29 heavy (non-hydrogen) atoms. The van der Waals surface area contributed by atoms with E-state index in [2.05, 4.69) is 15.1 Å². The zero-order valence-corrected chi connectivity index (χ0v) is 16.7. The van der Waals surface area contributed by atoms with Gasteiger partial charge >= 0.3 is 0 Å². The number of hydrogen-bond acceptors (Lipinski definition) is 6. The SMILES string of the molecule is O=S(=O)(NC(O)Nc1c2c(c(F)c3c1CCC3)CCC2)c1cnn2c1OCCC2. The Morgan fingerprint density at radius 3 is 2.45 bits per heavy atom. The highest BCUT2D eigenvalue weighted by molar-refractivity contribution is 7.89. The zero-order chi connectivity index (χ0) is 20.2. The summed E-state index contributed by atoms with van der Waals surface area (Å²) in [6, 6.07) is 0. The van der Waals surface area contributed by atoms with E-state index in [1.807, 2.05) is 0 Å².